The highest BCUT2D eigenvalue weighted by atomic mass is 16.1. The van der Waals surface area contributed by atoms with Gasteiger partial charge in [-0.05, 0) is 19.1 Å². The van der Waals surface area contributed by atoms with Crippen molar-refractivity contribution in [2.24, 2.45) is 0 Å². The molecule has 7 heteroatoms. The van der Waals surface area contributed by atoms with Crippen molar-refractivity contribution in [3.63, 3.8) is 0 Å². The molecule has 0 radical (unpaired) electrons. The number of rotatable bonds is 5. The van der Waals surface area contributed by atoms with Gasteiger partial charge in [0.2, 0.25) is 0 Å². The predicted molar refractivity (Wildman–Crippen MR) is 70.6 cm³/mol. The average molecular weight is 260 g/mol. The first kappa shape index (κ1) is 13.0. The molecule has 7 nitrogen and oxygen atoms in total. The Hall–Kier alpha value is -2.44. The number of aryl methyl sites for hydroxylation is 1. The summed E-state index contributed by atoms with van der Waals surface area (Å²) in [6.45, 7) is 3.09. The van der Waals surface area contributed by atoms with Crippen LogP contribution in [0.25, 0.3) is 0 Å². The fourth-order valence-corrected chi connectivity index (χ4v) is 1.63. The molecule has 19 heavy (non-hydrogen) atoms. The Labute approximate surface area is 111 Å². The van der Waals surface area contributed by atoms with E-state index >= 15 is 0 Å². The number of hydrogen-bond acceptors (Lipinski definition) is 5. The van der Waals surface area contributed by atoms with Crippen molar-refractivity contribution in [1.29, 1.82) is 0 Å². The van der Waals surface area contributed by atoms with Crippen molar-refractivity contribution in [2.45, 2.75) is 20.0 Å². The van der Waals surface area contributed by atoms with Crippen LogP contribution in [-0.4, -0.2) is 32.7 Å². The van der Waals surface area contributed by atoms with Crippen LogP contribution < -0.4 is 10.6 Å². The van der Waals surface area contributed by atoms with E-state index in [1.54, 1.807) is 31.6 Å². The van der Waals surface area contributed by atoms with Crippen molar-refractivity contribution in [1.82, 2.24) is 25.1 Å². The fourth-order valence-electron chi connectivity index (χ4n) is 1.63. The number of amides is 1. The lowest BCUT2D eigenvalue weighted by Crippen LogP contribution is -2.25. The van der Waals surface area contributed by atoms with Crippen molar-refractivity contribution >= 4 is 11.7 Å². The second kappa shape index (κ2) is 5.94. The van der Waals surface area contributed by atoms with Gasteiger partial charge < -0.3 is 15.2 Å². The SMILES string of the molecule is CCn1cnnc1CNC(=O)c1cccc(NC)n1. The number of hydrogen-bond donors (Lipinski definition) is 2. The molecule has 0 unspecified atom stereocenters. The second-order valence-corrected chi connectivity index (χ2v) is 3.87. The summed E-state index contributed by atoms with van der Waals surface area (Å²) in [4.78, 5) is 16.1. The van der Waals surface area contributed by atoms with Gasteiger partial charge in [-0.2, -0.15) is 0 Å². The molecule has 2 aromatic heterocycles. The lowest BCUT2D eigenvalue weighted by molar-refractivity contribution is 0.0944. The molecule has 2 rings (SSSR count). The van der Waals surface area contributed by atoms with Gasteiger partial charge in [0.25, 0.3) is 5.91 Å². The van der Waals surface area contributed by atoms with Gasteiger partial charge >= 0.3 is 0 Å². The third kappa shape index (κ3) is 3.06. The highest BCUT2D eigenvalue weighted by Gasteiger charge is 2.09. The largest absolute Gasteiger partial charge is 0.373 e. The molecular formula is C12H16N6O. The molecule has 0 atom stereocenters. The Morgan fingerprint density at radius 3 is 3.00 bits per heavy atom. The fraction of sp³-hybridized carbons (Fsp3) is 0.333. The number of carbonyl (C=O) groups excluding carboxylic acids is 1. The first-order valence-corrected chi connectivity index (χ1v) is 6.04. The topological polar surface area (TPSA) is 84.7 Å². The van der Waals surface area contributed by atoms with Gasteiger partial charge in [-0.25, -0.2) is 4.98 Å². The summed E-state index contributed by atoms with van der Waals surface area (Å²) in [5, 5.41) is 13.4. The smallest absolute Gasteiger partial charge is 0.270 e. The minimum Gasteiger partial charge on any atom is -0.373 e. The van der Waals surface area contributed by atoms with Crippen LogP contribution in [0.3, 0.4) is 0 Å². The van der Waals surface area contributed by atoms with Crippen LogP contribution in [0.1, 0.15) is 23.2 Å². The van der Waals surface area contributed by atoms with Crippen LogP contribution in [0, 0.1) is 0 Å². The Bertz CT molecular complexity index is 565. The summed E-state index contributed by atoms with van der Waals surface area (Å²) in [6, 6.07) is 5.24. The van der Waals surface area contributed by atoms with Gasteiger partial charge in [0.05, 0.1) is 6.54 Å². The molecule has 0 spiro atoms. The van der Waals surface area contributed by atoms with Crippen LogP contribution in [0.5, 0.6) is 0 Å². The molecule has 2 aromatic rings. The zero-order valence-electron chi connectivity index (χ0n) is 10.9. The molecular weight excluding hydrogens is 244 g/mol. The van der Waals surface area contributed by atoms with Gasteiger partial charge in [-0.1, -0.05) is 6.07 Å². The van der Waals surface area contributed by atoms with Crippen molar-refractivity contribution in [2.75, 3.05) is 12.4 Å². The minimum atomic E-state index is -0.234. The third-order valence-electron chi connectivity index (χ3n) is 2.68. The zero-order valence-corrected chi connectivity index (χ0v) is 10.9. The number of aromatic nitrogens is 4. The molecule has 2 heterocycles. The number of pyridine rings is 1. The maximum absolute atomic E-state index is 11.9. The molecule has 0 aliphatic heterocycles. The monoisotopic (exact) mass is 260 g/mol. The Balaban J connectivity index is 2.01. The molecule has 0 bridgehead atoms. The van der Waals surface area contributed by atoms with E-state index < -0.39 is 0 Å². The highest BCUT2D eigenvalue weighted by Crippen LogP contribution is 2.04. The molecule has 0 saturated carbocycles. The molecule has 0 saturated heterocycles. The predicted octanol–water partition coefficient (Wildman–Crippen LogP) is 0.665. The summed E-state index contributed by atoms with van der Waals surface area (Å²) in [5.74, 6) is 1.15. The number of anilines is 1. The average Bonchev–Trinajstić information content (AvgIpc) is 2.92. The van der Waals surface area contributed by atoms with Gasteiger partial charge in [0, 0.05) is 13.6 Å². The summed E-state index contributed by atoms with van der Waals surface area (Å²) >= 11 is 0. The molecule has 0 fully saturated rings. The molecule has 2 N–H and O–H groups in total. The second-order valence-electron chi connectivity index (χ2n) is 3.87. The number of carbonyl (C=O) groups is 1. The minimum absolute atomic E-state index is 0.234. The summed E-state index contributed by atoms with van der Waals surface area (Å²) in [7, 11) is 1.76. The standard InChI is InChI=1S/C12H16N6O/c1-3-18-8-15-17-11(18)7-14-12(19)9-5-4-6-10(13-2)16-9/h4-6,8H,3,7H2,1-2H3,(H,13,16)(H,14,19). The maximum Gasteiger partial charge on any atom is 0.270 e. The van der Waals surface area contributed by atoms with Crippen molar-refractivity contribution in [3.8, 4) is 0 Å². The third-order valence-corrected chi connectivity index (χ3v) is 2.68. The van der Waals surface area contributed by atoms with Crippen LogP contribution in [0.4, 0.5) is 5.82 Å². The summed E-state index contributed by atoms with van der Waals surface area (Å²) in [6.07, 6.45) is 1.64. The van der Waals surface area contributed by atoms with E-state index in [-0.39, 0.29) is 5.91 Å². The van der Waals surface area contributed by atoms with E-state index in [9.17, 15) is 4.79 Å². The quantitative estimate of drug-likeness (QED) is 0.825. The van der Waals surface area contributed by atoms with E-state index in [4.69, 9.17) is 0 Å². The van der Waals surface area contributed by atoms with E-state index in [1.165, 1.54) is 0 Å². The Kier molecular flexibility index (Phi) is 4.07. The van der Waals surface area contributed by atoms with Crippen LogP contribution in [0.15, 0.2) is 24.5 Å². The van der Waals surface area contributed by atoms with E-state index in [0.717, 1.165) is 12.4 Å². The van der Waals surface area contributed by atoms with Crippen LogP contribution in [-0.2, 0) is 13.1 Å². The summed E-state index contributed by atoms with van der Waals surface area (Å²) in [5.41, 5.74) is 0.370. The number of nitrogens with one attached hydrogen (secondary N) is 2. The van der Waals surface area contributed by atoms with Crippen LogP contribution >= 0.6 is 0 Å². The first-order chi connectivity index (χ1) is 9.24. The van der Waals surface area contributed by atoms with E-state index in [0.29, 0.717) is 18.1 Å². The number of nitrogens with zero attached hydrogens (tertiary/aromatic N) is 4. The van der Waals surface area contributed by atoms with Crippen molar-refractivity contribution in [3.05, 3.63) is 36.0 Å². The Morgan fingerprint density at radius 2 is 2.26 bits per heavy atom. The van der Waals surface area contributed by atoms with Gasteiger partial charge in [-0.3, -0.25) is 4.79 Å². The van der Waals surface area contributed by atoms with Crippen LogP contribution in [0.2, 0.25) is 0 Å². The molecule has 0 aliphatic carbocycles. The van der Waals surface area contributed by atoms with Gasteiger partial charge in [0.15, 0.2) is 5.82 Å². The maximum atomic E-state index is 11.9. The molecule has 0 aromatic carbocycles. The lowest BCUT2D eigenvalue weighted by Gasteiger charge is -2.06. The zero-order chi connectivity index (χ0) is 13.7. The highest BCUT2D eigenvalue weighted by molar-refractivity contribution is 5.92. The summed E-state index contributed by atoms with van der Waals surface area (Å²) < 4.78 is 1.87. The van der Waals surface area contributed by atoms with Gasteiger partial charge in [0.1, 0.15) is 17.8 Å². The van der Waals surface area contributed by atoms with Crippen molar-refractivity contribution < 1.29 is 4.79 Å². The van der Waals surface area contributed by atoms with E-state index in [2.05, 4.69) is 25.8 Å². The van der Waals surface area contributed by atoms with Gasteiger partial charge in [-0.15, -0.1) is 10.2 Å². The van der Waals surface area contributed by atoms with E-state index in [1.807, 2.05) is 11.5 Å². The Morgan fingerprint density at radius 1 is 1.42 bits per heavy atom. The molecule has 1 amide bonds. The lowest BCUT2D eigenvalue weighted by atomic mass is 10.3. The normalized spacial score (nSPS) is 10.2. The molecule has 0 aliphatic rings. The first-order valence-electron chi connectivity index (χ1n) is 6.04. The molecule has 100 valence electrons.